The van der Waals surface area contributed by atoms with Crippen molar-refractivity contribution in [2.45, 2.75) is 65.3 Å². The smallest absolute Gasteiger partial charge is 0.191 e. The molecule has 0 aromatic heterocycles. The van der Waals surface area contributed by atoms with E-state index >= 15 is 0 Å². The van der Waals surface area contributed by atoms with Gasteiger partial charge in [-0.15, -0.1) is 24.0 Å². The lowest BCUT2D eigenvalue weighted by molar-refractivity contribution is -0.0704. The van der Waals surface area contributed by atoms with Gasteiger partial charge >= 0.3 is 0 Å². The number of aliphatic imine (C=N–C) groups is 1. The lowest BCUT2D eigenvalue weighted by Gasteiger charge is -2.35. The van der Waals surface area contributed by atoms with E-state index in [0.29, 0.717) is 18.8 Å². The Kier molecular flexibility index (Phi) is 12.1. The number of hydrogen-bond acceptors (Lipinski definition) is 4. The molecule has 1 aromatic carbocycles. The summed E-state index contributed by atoms with van der Waals surface area (Å²) in [6, 6.07) is 8.85. The minimum absolute atomic E-state index is 0. The van der Waals surface area contributed by atoms with Gasteiger partial charge in [0.1, 0.15) is 0 Å². The molecule has 0 radical (unpaired) electrons. The van der Waals surface area contributed by atoms with Gasteiger partial charge in [0.05, 0.1) is 18.8 Å². The van der Waals surface area contributed by atoms with E-state index in [1.165, 1.54) is 24.0 Å². The maximum atomic E-state index is 5.83. The molecule has 7 heteroatoms. The fourth-order valence-corrected chi connectivity index (χ4v) is 3.85. The van der Waals surface area contributed by atoms with Gasteiger partial charge in [0.2, 0.25) is 0 Å². The van der Waals surface area contributed by atoms with Gasteiger partial charge in [-0.3, -0.25) is 4.90 Å². The molecule has 2 unspecified atom stereocenters. The third-order valence-electron chi connectivity index (χ3n) is 5.50. The second kappa shape index (κ2) is 14.3. The number of morpholine rings is 1. The average Bonchev–Trinajstić information content (AvgIpc) is 3.53. The van der Waals surface area contributed by atoms with Gasteiger partial charge in [-0.1, -0.05) is 24.3 Å². The molecule has 31 heavy (non-hydrogen) atoms. The Morgan fingerprint density at radius 1 is 1.10 bits per heavy atom. The Balaban J connectivity index is 0.00000341. The minimum atomic E-state index is 0. The first-order chi connectivity index (χ1) is 14.6. The van der Waals surface area contributed by atoms with E-state index in [1.807, 2.05) is 0 Å². The van der Waals surface area contributed by atoms with Gasteiger partial charge in [0.25, 0.3) is 0 Å². The van der Waals surface area contributed by atoms with Crippen molar-refractivity contribution in [3.05, 3.63) is 35.4 Å². The van der Waals surface area contributed by atoms with Crippen molar-refractivity contribution in [3.8, 4) is 0 Å². The summed E-state index contributed by atoms with van der Waals surface area (Å²) in [5, 5.41) is 6.73. The SMILES string of the molecule is CCNC(=NCc1ccc(CN2CC(C)OC(C)C2)cc1)NCCCOCC1CC1.I. The van der Waals surface area contributed by atoms with E-state index in [1.54, 1.807) is 0 Å². The summed E-state index contributed by atoms with van der Waals surface area (Å²) >= 11 is 0. The lowest BCUT2D eigenvalue weighted by atomic mass is 10.1. The van der Waals surface area contributed by atoms with Gasteiger partial charge in [-0.05, 0) is 57.1 Å². The van der Waals surface area contributed by atoms with Crippen molar-refractivity contribution in [2.24, 2.45) is 10.9 Å². The molecular weight excluding hydrogens is 503 g/mol. The van der Waals surface area contributed by atoms with E-state index < -0.39 is 0 Å². The molecule has 0 amide bonds. The van der Waals surface area contributed by atoms with E-state index in [0.717, 1.165) is 64.2 Å². The van der Waals surface area contributed by atoms with Gasteiger partial charge in [0, 0.05) is 45.9 Å². The van der Waals surface area contributed by atoms with Crippen molar-refractivity contribution in [1.29, 1.82) is 0 Å². The number of nitrogens with zero attached hydrogens (tertiary/aromatic N) is 2. The molecule has 2 aliphatic rings. The highest BCUT2D eigenvalue weighted by Gasteiger charge is 2.22. The van der Waals surface area contributed by atoms with Crippen molar-refractivity contribution < 1.29 is 9.47 Å². The van der Waals surface area contributed by atoms with E-state index in [-0.39, 0.29) is 24.0 Å². The summed E-state index contributed by atoms with van der Waals surface area (Å²) in [6.07, 6.45) is 4.32. The topological polar surface area (TPSA) is 58.1 Å². The number of nitrogens with one attached hydrogen (secondary N) is 2. The quantitative estimate of drug-likeness (QED) is 0.192. The first kappa shape index (κ1) is 26.4. The van der Waals surface area contributed by atoms with E-state index in [4.69, 9.17) is 14.5 Å². The maximum Gasteiger partial charge on any atom is 0.191 e. The Hall–Kier alpha value is -0.900. The summed E-state index contributed by atoms with van der Waals surface area (Å²) in [5.41, 5.74) is 2.58. The molecule has 3 rings (SSSR count). The van der Waals surface area contributed by atoms with Crippen LogP contribution >= 0.6 is 24.0 Å². The summed E-state index contributed by atoms with van der Waals surface area (Å²) in [6.45, 7) is 13.6. The highest BCUT2D eigenvalue weighted by atomic mass is 127. The molecule has 1 saturated carbocycles. The Bertz CT molecular complexity index is 641. The molecule has 2 fully saturated rings. The highest BCUT2D eigenvalue weighted by Crippen LogP contribution is 2.28. The zero-order valence-corrected chi connectivity index (χ0v) is 21.8. The van der Waals surface area contributed by atoms with Crippen LogP contribution in [0, 0.1) is 5.92 Å². The van der Waals surface area contributed by atoms with Crippen LogP contribution in [0.15, 0.2) is 29.3 Å². The normalized spacial score (nSPS) is 22.1. The fourth-order valence-electron chi connectivity index (χ4n) is 3.85. The van der Waals surface area contributed by atoms with Gasteiger partial charge in [-0.25, -0.2) is 4.99 Å². The summed E-state index contributed by atoms with van der Waals surface area (Å²) in [4.78, 5) is 7.21. The van der Waals surface area contributed by atoms with Crippen LogP contribution in [0.4, 0.5) is 0 Å². The monoisotopic (exact) mass is 544 g/mol. The number of hydrogen-bond donors (Lipinski definition) is 2. The first-order valence-corrected chi connectivity index (χ1v) is 11.7. The van der Waals surface area contributed by atoms with Crippen LogP contribution in [0.25, 0.3) is 0 Å². The van der Waals surface area contributed by atoms with E-state index in [2.05, 4.69) is 60.6 Å². The molecule has 2 N–H and O–H groups in total. The number of rotatable bonds is 11. The van der Waals surface area contributed by atoms with Crippen LogP contribution in [0.3, 0.4) is 0 Å². The van der Waals surface area contributed by atoms with Gasteiger partial charge in [-0.2, -0.15) is 0 Å². The molecular formula is C24H41IN4O2. The lowest BCUT2D eigenvalue weighted by Crippen LogP contribution is -2.44. The zero-order valence-electron chi connectivity index (χ0n) is 19.4. The highest BCUT2D eigenvalue weighted by molar-refractivity contribution is 14.0. The Morgan fingerprint density at radius 3 is 2.42 bits per heavy atom. The molecule has 1 saturated heterocycles. The predicted molar refractivity (Wildman–Crippen MR) is 138 cm³/mol. The number of guanidine groups is 1. The molecule has 1 aliphatic carbocycles. The standard InChI is InChI=1S/C24H40N4O2.HI/c1-4-25-24(26-12-5-13-29-18-23-10-11-23)27-14-21-6-8-22(9-7-21)17-28-15-19(2)30-20(3)16-28;/h6-9,19-20,23H,4-5,10-18H2,1-3H3,(H2,25,26,27);1H. The van der Waals surface area contributed by atoms with Crippen LogP contribution in [0.1, 0.15) is 51.2 Å². The predicted octanol–water partition coefficient (Wildman–Crippen LogP) is 3.79. The number of ether oxygens (including phenoxy) is 2. The van der Waals surface area contributed by atoms with Crippen LogP contribution in [-0.2, 0) is 22.6 Å². The van der Waals surface area contributed by atoms with Crippen LogP contribution < -0.4 is 10.6 Å². The van der Waals surface area contributed by atoms with Crippen molar-refractivity contribution in [1.82, 2.24) is 15.5 Å². The van der Waals surface area contributed by atoms with Crippen LogP contribution in [0.2, 0.25) is 0 Å². The van der Waals surface area contributed by atoms with Crippen LogP contribution in [-0.4, -0.2) is 62.5 Å². The van der Waals surface area contributed by atoms with Crippen molar-refractivity contribution in [2.75, 3.05) is 39.4 Å². The average molecular weight is 545 g/mol. The number of benzene rings is 1. The third-order valence-corrected chi connectivity index (χ3v) is 5.50. The molecule has 0 spiro atoms. The second-order valence-corrected chi connectivity index (χ2v) is 8.76. The summed E-state index contributed by atoms with van der Waals surface area (Å²) < 4.78 is 11.5. The summed E-state index contributed by atoms with van der Waals surface area (Å²) in [5.74, 6) is 1.71. The summed E-state index contributed by atoms with van der Waals surface area (Å²) in [7, 11) is 0. The largest absolute Gasteiger partial charge is 0.381 e. The minimum Gasteiger partial charge on any atom is -0.381 e. The zero-order chi connectivity index (χ0) is 21.2. The number of halogens is 1. The first-order valence-electron chi connectivity index (χ1n) is 11.7. The maximum absolute atomic E-state index is 5.83. The molecule has 1 aliphatic heterocycles. The molecule has 2 atom stereocenters. The van der Waals surface area contributed by atoms with Crippen molar-refractivity contribution >= 4 is 29.9 Å². The molecule has 6 nitrogen and oxygen atoms in total. The Morgan fingerprint density at radius 2 is 1.77 bits per heavy atom. The molecule has 176 valence electrons. The third kappa shape index (κ3) is 10.5. The van der Waals surface area contributed by atoms with Gasteiger partial charge in [0.15, 0.2) is 5.96 Å². The van der Waals surface area contributed by atoms with Crippen molar-refractivity contribution in [3.63, 3.8) is 0 Å². The molecule has 0 bridgehead atoms. The molecule has 1 aromatic rings. The second-order valence-electron chi connectivity index (χ2n) is 8.76. The molecule has 1 heterocycles. The van der Waals surface area contributed by atoms with E-state index in [9.17, 15) is 0 Å². The van der Waals surface area contributed by atoms with Gasteiger partial charge < -0.3 is 20.1 Å². The van der Waals surface area contributed by atoms with Crippen LogP contribution in [0.5, 0.6) is 0 Å². The Labute approximate surface area is 205 Å². The fraction of sp³-hybridized carbons (Fsp3) is 0.708.